The van der Waals surface area contributed by atoms with Crippen LogP contribution in [0, 0.1) is 0 Å². The van der Waals surface area contributed by atoms with Crippen molar-refractivity contribution in [3.8, 4) is 0 Å². The van der Waals surface area contributed by atoms with E-state index in [0.29, 0.717) is 16.5 Å². The van der Waals surface area contributed by atoms with Gasteiger partial charge in [-0.2, -0.15) is 0 Å². The van der Waals surface area contributed by atoms with Crippen LogP contribution < -0.4 is 5.32 Å². The Bertz CT molecular complexity index is 465. The largest absolute Gasteiger partial charge is 0.481 e. The average Bonchev–Trinajstić information content (AvgIpc) is 2.38. The Morgan fingerprint density at radius 2 is 2.37 bits per heavy atom. The molecule has 1 aromatic heterocycles. The summed E-state index contributed by atoms with van der Waals surface area (Å²) in [6.45, 7) is 3.56. The van der Waals surface area contributed by atoms with E-state index in [1.54, 1.807) is 18.3 Å². The van der Waals surface area contributed by atoms with E-state index in [-0.39, 0.29) is 13.0 Å². The monoisotopic (exact) mass is 282 g/mol. The Labute approximate surface area is 114 Å². The van der Waals surface area contributed by atoms with Gasteiger partial charge in [-0.1, -0.05) is 12.7 Å². The SMILES string of the molecule is C=CCOC(=O)Nc1cccnc1SCCC(=O)O. The topological polar surface area (TPSA) is 88.5 Å². The third kappa shape index (κ3) is 5.91. The van der Waals surface area contributed by atoms with Crippen LogP contribution in [-0.4, -0.2) is 34.5 Å². The molecular formula is C12H14N2O4S. The third-order valence-electron chi connectivity index (χ3n) is 1.89. The molecule has 0 atom stereocenters. The highest BCUT2D eigenvalue weighted by atomic mass is 32.2. The first kappa shape index (κ1) is 15.0. The number of carboxylic acids is 1. The van der Waals surface area contributed by atoms with Crippen LogP contribution in [0.15, 0.2) is 36.0 Å². The van der Waals surface area contributed by atoms with Gasteiger partial charge >= 0.3 is 12.1 Å². The fourth-order valence-corrected chi connectivity index (χ4v) is 2.00. The number of nitrogens with one attached hydrogen (secondary N) is 1. The van der Waals surface area contributed by atoms with Gasteiger partial charge in [-0.15, -0.1) is 11.8 Å². The van der Waals surface area contributed by atoms with Gasteiger partial charge in [-0.05, 0) is 12.1 Å². The molecule has 1 aromatic rings. The predicted octanol–water partition coefficient (Wildman–Crippen LogP) is 2.38. The number of hydrogen-bond acceptors (Lipinski definition) is 5. The Kier molecular flexibility index (Phi) is 6.45. The fourth-order valence-electron chi connectivity index (χ4n) is 1.12. The van der Waals surface area contributed by atoms with Crippen LogP contribution in [0.4, 0.5) is 10.5 Å². The number of ether oxygens (including phenoxy) is 1. The van der Waals surface area contributed by atoms with E-state index in [1.165, 1.54) is 17.8 Å². The summed E-state index contributed by atoms with van der Waals surface area (Å²) in [6, 6.07) is 3.34. The van der Waals surface area contributed by atoms with Crippen molar-refractivity contribution in [3.05, 3.63) is 31.0 Å². The van der Waals surface area contributed by atoms with Gasteiger partial charge in [0.1, 0.15) is 11.6 Å². The molecule has 0 saturated carbocycles. The zero-order valence-electron chi connectivity index (χ0n) is 10.2. The Balaban J connectivity index is 2.59. The van der Waals surface area contributed by atoms with Crippen LogP contribution in [0.3, 0.4) is 0 Å². The number of carbonyl (C=O) groups excluding carboxylic acids is 1. The summed E-state index contributed by atoms with van der Waals surface area (Å²) < 4.78 is 4.79. The van der Waals surface area contributed by atoms with E-state index in [9.17, 15) is 9.59 Å². The van der Waals surface area contributed by atoms with Crippen LogP contribution in [-0.2, 0) is 9.53 Å². The predicted molar refractivity (Wildman–Crippen MR) is 72.4 cm³/mol. The number of thioether (sulfide) groups is 1. The van der Waals surface area contributed by atoms with E-state index < -0.39 is 12.1 Å². The van der Waals surface area contributed by atoms with Crippen LogP contribution in [0.1, 0.15) is 6.42 Å². The molecule has 0 aliphatic rings. The highest BCUT2D eigenvalue weighted by Gasteiger charge is 2.09. The Morgan fingerprint density at radius 1 is 1.58 bits per heavy atom. The summed E-state index contributed by atoms with van der Waals surface area (Å²) in [4.78, 5) is 25.9. The van der Waals surface area contributed by atoms with Crippen LogP contribution >= 0.6 is 11.8 Å². The minimum atomic E-state index is -0.872. The lowest BCUT2D eigenvalue weighted by Crippen LogP contribution is -2.14. The van der Waals surface area contributed by atoms with Crippen molar-refractivity contribution < 1.29 is 19.4 Å². The van der Waals surface area contributed by atoms with E-state index >= 15 is 0 Å². The van der Waals surface area contributed by atoms with E-state index in [1.807, 2.05) is 0 Å². The molecule has 0 aliphatic carbocycles. The summed E-state index contributed by atoms with van der Waals surface area (Å²) in [5, 5.41) is 11.7. The quantitative estimate of drug-likeness (QED) is 0.589. The maximum atomic E-state index is 11.4. The standard InChI is InChI=1S/C12H14N2O4S/c1-2-7-18-12(17)14-9-4-3-6-13-11(9)19-8-5-10(15)16/h2-4,6H,1,5,7-8H2,(H,14,17)(H,15,16). The minimum absolute atomic E-state index is 0.0294. The Hall–Kier alpha value is -2.02. The van der Waals surface area contributed by atoms with Crippen LogP contribution in [0.2, 0.25) is 0 Å². The molecule has 6 nitrogen and oxygen atoms in total. The van der Waals surface area contributed by atoms with Crippen LogP contribution in [0.5, 0.6) is 0 Å². The normalized spacial score (nSPS) is 9.68. The van der Waals surface area contributed by atoms with Crippen molar-refractivity contribution in [2.24, 2.45) is 0 Å². The number of anilines is 1. The second-order valence-corrected chi connectivity index (χ2v) is 4.44. The molecule has 1 rings (SSSR count). The summed E-state index contributed by atoms with van der Waals surface area (Å²) in [6.07, 6.45) is 2.46. The molecule has 0 aromatic carbocycles. The second kappa shape index (κ2) is 8.15. The molecule has 1 amide bonds. The lowest BCUT2D eigenvalue weighted by Gasteiger charge is -2.09. The number of hydrogen-bond donors (Lipinski definition) is 2. The van der Waals surface area contributed by atoms with Crippen molar-refractivity contribution in [1.82, 2.24) is 4.98 Å². The van der Waals surface area contributed by atoms with Crippen molar-refractivity contribution >= 4 is 29.5 Å². The highest BCUT2D eigenvalue weighted by molar-refractivity contribution is 7.99. The van der Waals surface area contributed by atoms with Crippen molar-refractivity contribution in [2.75, 3.05) is 17.7 Å². The molecule has 0 aliphatic heterocycles. The van der Waals surface area contributed by atoms with Gasteiger partial charge in [-0.25, -0.2) is 9.78 Å². The third-order valence-corrected chi connectivity index (χ3v) is 2.90. The summed E-state index contributed by atoms with van der Waals surface area (Å²) in [5.41, 5.74) is 0.493. The molecule has 0 unspecified atom stereocenters. The van der Waals surface area contributed by atoms with Crippen molar-refractivity contribution in [1.29, 1.82) is 0 Å². The first-order valence-corrected chi connectivity index (χ1v) is 6.46. The zero-order chi connectivity index (χ0) is 14.1. The molecule has 0 radical (unpaired) electrons. The van der Waals surface area contributed by atoms with Gasteiger partial charge in [0, 0.05) is 11.9 Å². The lowest BCUT2D eigenvalue weighted by molar-refractivity contribution is -0.136. The summed E-state index contributed by atoms with van der Waals surface area (Å²) in [7, 11) is 0. The molecule has 2 N–H and O–H groups in total. The van der Waals surface area contributed by atoms with E-state index in [0.717, 1.165) is 0 Å². The number of carbonyl (C=O) groups is 2. The van der Waals surface area contributed by atoms with Crippen molar-refractivity contribution in [2.45, 2.75) is 11.4 Å². The maximum Gasteiger partial charge on any atom is 0.412 e. The lowest BCUT2D eigenvalue weighted by atomic mass is 10.4. The van der Waals surface area contributed by atoms with Gasteiger partial charge in [-0.3, -0.25) is 10.1 Å². The number of amides is 1. The number of pyridine rings is 1. The molecule has 0 spiro atoms. The fraction of sp³-hybridized carbons (Fsp3) is 0.250. The molecule has 102 valence electrons. The second-order valence-electron chi connectivity index (χ2n) is 3.36. The van der Waals surface area contributed by atoms with Gasteiger partial charge in [0.15, 0.2) is 0 Å². The molecule has 0 bridgehead atoms. The zero-order valence-corrected chi connectivity index (χ0v) is 11.0. The summed E-state index contributed by atoms with van der Waals surface area (Å²) in [5.74, 6) is -0.494. The molecule has 7 heteroatoms. The number of nitrogens with zero attached hydrogens (tertiary/aromatic N) is 1. The van der Waals surface area contributed by atoms with Crippen LogP contribution in [0.25, 0.3) is 0 Å². The highest BCUT2D eigenvalue weighted by Crippen LogP contribution is 2.25. The summed E-state index contributed by atoms with van der Waals surface area (Å²) >= 11 is 1.26. The number of rotatable bonds is 7. The molecule has 19 heavy (non-hydrogen) atoms. The molecule has 0 saturated heterocycles. The van der Waals surface area contributed by atoms with E-state index in [4.69, 9.17) is 9.84 Å². The number of carboxylic acid groups (broad SMARTS) is 1. The number of aliphatic carboxylic acids is 1. The van der Waals surface area contributed by atoms with E-state index in [2.05, 4.69) is 16.9 Å². The number of aromatic nitrogens is 1. The average molecular weight is 282 g/mol. The molecule has 0 fully saturated rings. The Morgan fingerprint density at radius 3 is 3.05 bits per heavy atom. The molecule has 1 heterocycles. The van der Waals surface area contributed by atoms with Gasteiger partial charge in [0.05, 0.1) is 12.1 Å². The minimum Gasteiger partial charge on any atom is -0.481 e. The first-order chi connectivity index (χ1) is 9.13. The maximum absolute atomic E-state index is 11.4. The molecular weight excluding hydrogens is 268 g/mol. The van der Waals surface area contributed by atoms with Gasteiger partial charge in [0.2, 0.25) is 0 Å². The van der Waals surface area contributed by atoms with Gasteiger partial charge < -0.3 is 9.84 Å². The van der Waals surface area contributed by atoms with Gasteiger partial charge in [0.25, 0.3) is 0 Å². The first-order valence-electron chi connectivity index (χ1n) is 5.47. The smallest absolute Gasteiger partial charge is 0.412 e. The van der Waals surface area contributed by atoms with Crippen molar-refractivity contribution in [3.63, 3.8) is 0 Å².